The number of H-pyrrole nitrogens is 1. The molecule has 0 saturated carbocycles. The Morgan fingerprint density at radius 2 is 2.16 bits per heavy atom. The Labute approximate surface area is 113 Å². The van der Waals surface area contributed by atoms with Crippen LogP contribution in [-0.2, 0) is 17.6 Å². The largest absolute Gasteiger partial charge is 0.365 e. The van der Waals surface area contributed by atoms with Crippen LogP contribution in [0.5, 0.6) is 0 Å². The first-order valence-electron chi connectivity index (χ1n) is 6.78. The number of aromatic nitrogens is 1. The number of anilines is 1. The third-order valence-corrected chi connectivity index (χ3v) is 3.75. The van der Waals surface area contributed by atoms with Gasteiger partial charge in [-0.1, -0.05) is 18.2 Å². The zero-order valence-electron chi connectivity index (χ0n) is 11.1. The molecule has 0 spiro atoms. The van der Waals surface area contributed by atoms with Gasteiger partial charge < -0.3 is 9.88 Å². The van der Waals surface area contributed by atoms with Crippen LogP contribution < -0.4 is 4.90 Å². The lowest BCUT2D eigenvalue weighted by molar-refractivity contribution is -0.118. The van der Waals surface area contributed by atoms with Crippen molar-refractivity contribution in [2.75, 3.05) is 4.90 Å². The summed E-state index contributed by atoms with van der Waals surface area (Å²) in [6.45, 7) is 2.12. The summed E-state index contributed by atoms with van der Waals surface area (Å²) in [5, 5.41) is 0. The number of nitrogens with one attached hydrogen (secondary N) is 1. The lowest BCUT2D eigenvalue weighted by Gasteiger charge is -2.22. The van der Waals surface area contributed by atoms with Crippen molar-refractivity contribution in [3.63, 3.8) is 0 Å². The van der Waals surface area contributed by atoms with Gasteiger partial charge in [-0.3, -0.25) is 4.79 Å². The fourth-order valence-corrected chi connectivity index (χ4v) is 2.83. The van der Waals surface area contributed by atoms with Crippen molar-refractivity contribution in [1.82, 2.24) is 4.98 Å². The number of nitrogens with zero attached hydrogens (tertiary/aromatic N) is 1. The molecule has 0 bridgehead atoms. The van der Waals surface area contributed by atoms with Gasteiger partial charge in [-0.25, -0.2) is 0 Å². The SMILES string of the molecule is CC1Cc2ccccc2N1C(=O)CCc1ccc[nH]1. The van der Waals surface area contributed by atoms with Gasteiger partial charge in [0.1, 0.15) is 0 Å². The van der Waals surface area contributed by atoms with Crippen molar-refractivity contribution < 1.29 is 4.79 Å². The fraction of sp³-hybridized carbons (Fsp3) is 0.312. The summed E-state index contributed by atoms with van der Waals surface area (Å²) in [5.74, 6) is 0.215. The average Bonchev–Trinajstić information content (AvgIpc) is 3.02. The molecule has 1 unspecified atom stereocenters. The van der Waals surface area contributed by atoms with Crippen LogP contribution in [0.4, 0.5) is 5.69 Å². The van der Waals surface area contributed by atoms with E-state index in [0.717, 1.165) is 24.2 Å². The highest BCUT2D eigenvalue weighted by Gasteiger charge is 2.29. The number of fused-ring (bicyclic) bond motifs is 1. The maximum Gasteiger partial charge on any atom is 0.227 e. The number of hydrogen-bond donors (Lipinski definition) is 1. The van der Waals surface area contributed by atoms with Crippen LogP contribution in [0.25, 0.3) is 0 Å². The molecular weight excluding hydrogens is 236 g/mol. The molecule has 1 aliphatic heterocycles. The average molecular weight is 254 g/mol. The third-order valence-electron chi connectivity index (χ3n) is 3.75. The van der Waals surface area contributed by atoms with Crippen LogP contribution in [0, 0.1) is 0 Å². The summed E-state index contributed by atoms with van der Waals surface area (Å²) < 4.78 is 0. The number of rotatable bonds is 3. The van der Waals surface area contributed by atoms with Gasteiger partial charge in [0.05, 0.1) is 0 Å². The third kappa shape index (κ3) is 2.28. The Morgan fingerprint density at radius 3 is 2.95 bits per heavy atom. The molecule has 1 aliphatic rings. The van der Waals surface area contributed by atoms with Crippen LogP contribution in [0.2, 0.25) is 0 Å². The molecule has 1 aromatic carbocycles. The molecule has 1 aromatic heterocycles. The molecule has 1 amide bonds. The van der Waals surface area contributed by atoms with E-state index in [0.29, 0.717) is 6.42 Å². The van der Waals surface area contributed by atoms with Crippen molar-refractivity contribution in [1.29, 1.82) is 0 Å². The van der Waals surface area contributed by atoms with E-state index in [9.17, 15) is 4.79 Å². The number of carbonyl (C=O) groups is 1. The lowest BCUT2D eigenvalue weighted by Crippen LogP contribution is -2.35. The Kier molecular flexibility index (Phi) is 3.11. The molecular formula is C16H18N2O. The molecule has 2 heterocycles. The fourth-order valence-electron chi connectivity index (χ4n) is 2.83. The number of benzene rings is 1. The number of amides is 1. The van der Waals surface area contributed by atoms with E-state index in [1.807, 2.05) is 41.4 Å². The van der Waals surface area contributed by atoms with Gasteiger partial charge in [0.15, 0.2) is 0 Å². The number of hydrogen-bond acceptors (Lipinski definition) is 1. The maximum absolute atomic E-state index is 12.4. The predicted molar refractivity (Wildman–Crippen MR) is 76.2 cm³/mol. The minimum atomic E-state index is 0.215. The van der Waals surface area contributed by atoms with Crippen molar-refractivity contribution in [3.8, 4) is 0 Å². The monoisotopic (exact) mass is 254 g/mol. The molecule has 1 N–H and O–H groups in total. The highest BCUT2D eigenvalue weighted by molar-refractivity contribution is 5.96. The van der Waals surface area contributed by atoms with Crippen LogP contribution in [0.3, 0.4) is 0 Å². The van der Waals surface area contributed by atoms with Crippen molar-refractivity contribution >= 4 is 11.6 Å². The van der Waals surface area contributed by atoms with Gasteiger partial charge in [-0.05, 0) is 43.5 Å². The summed E-state index contributed by atoms with van der Waals surface area (Å²) in [5.41, 5.74) is 3.49. The zero-order valence-corrected chi connectivity index (χ0v) is 11.1. The Bertz CT molecular complexity index is 574. The summed E-state index contributed by atoms with van der Waals surface area (Å²) in [4.78, 5) is 17.5. The molecule has 3 heteroatoms. The molecule has 19 heavy (non-hydrogen) atoms. The number of aryl methyl sites for hydroxylation is 1. The van der Waals surface area contributed by atoms with E-state index in [1.165, 1.54) is 5.56 Å². The number of para-hydroxylation sites is 1. The summed E-state index contributed by atoms with van der Waals surface area (Å²) in [6.07, 6.45) is 4.19. The molecule has 2 aromatic rings. The maximum atomic E-state index is 12.4. The second-order valence-electron chi connectivity index (χ2n) is 5.14. The first-order chi connectivity index (χ1) is 9.25. The molecule has 0 saturated heterocycles. The number of aromatic amines is 1. The summed E-state index contributed by atoms with van der Waals surface area (Å²) in [6, 6.07) is 12.5. The van der Waals surface area contributed by atoms with E-state index in [4.69, 9.17) is 0 Å². The summed E-state index contributed by atoms with van der Waals surface area (Å²) in [7, 11) is 0. The van der Waals surface area contributed by atoms with Crippen molar-refractivity contribution in [3.05, 3.63) is 53.9 Å². The van der Waals surface area contributed by atoms with Gasteiger partial charge in [0.25, 0.3) is 0 Å². The summed E-state index contributed by atoms with van der Waals surface area (Å²) >= 11 is 0. The topological polar surface area (TPSA) is 36.1 Å². The van der Waals surface area contributed by atoms with Gasteiger partial charge in [-0.15, -0.1) is 0 Å². The van der Waals surface area contributed by atoms with Crippen LogP contribution >= 0.6 is 0 Å². The normalized spacial score (nSPS) is 17.5. The highest BCUT2D eigenvalue weighted by Crippen LogP contribution is 2.32. The van der Waals surface area contributed by atoms with Gasteiger partial charge >= 0.3 is 0 Å². The smallest absolute Gasteiger partial charge is 0.227 e. The molecule has 0 fully saturated rings. The molecule has 0 radical (unpaired) electrons. The molecule has 3 nitrogen and oxygen atoms in total. The van der Waals surface area contributed by atoms with Crippen LogP contribution in [0.1, 0.15) is 24.6 Å². The second-order valence-corrected chi connectivity index (χ2v) is 5.14. The Hall–Kier alpha value is -2.03. The van der Waals surface area contributed by atoms with Gasteiger partial charge in [-0.2, -0.15) is 0 Å². The van der Waals surface area contributed by atoms with E-state index in [2.05, 4.69) is 18.0 Å². The molecule has 98 valence electrons. The van der Waals surface area contributed by atoms with Crippen LogP contribution in [0.15, 0.2) is 42.6 Å². The van der Waals surface area contributed by atoms with E-state index in [1.54, 1.807) is 0 Å². The Morgan fingerprint density at radius 1 is 1.32 bits per heavy atom. The number of carbonyl (C=O) groups excluding carboxylic acids is 1. The molecule has 3 rings (SSSR count). The standard InChI is InChI=1S/C16H18N2O/c1-12-11-13-5-2-3-7-15(13)18(12)16(19)9-8-14-6-4-10-17-14/h2-7,10,12,17H,8-9,11H2,1H3. The van der Waals surface area contributed by atoms with E-state index in [-0.39, 0.29) is 11.9 Å². The minimum absolute atomic E-state index is 0.215. The highest BCUT2D eigenvalue weighted by atomic mass is 16.2. The molecule has 0 aliphatic carbocycles. The molecule has 1 atom stereocenters. The lowest BCUT2D eigenvalue weighted by atomic mass is 10.1. The van der Waals surface area contributed by atoms with E-state index < -0.39 is 0 Å². The predicted octanol–water partition coefficient (Wildman–Crippen LogP) is 2.93. The van der Waals surface area contributed by atoms with Crippen molar-refractivity contribution in [2.24, 2.45) is 0 Å². The minimum Gasteiger partial charge on any atom is -0.365 e. The van der Waals surface area contributed by atoms with Gasteiger partial charge in [0.2, 0.25) is 5.91 Å². The zero-order chi connectivity index (χ0) is 13.2. The first kappa shape index (κ1) is 12.0. The van der Waals surface area contributed by atoms with Crippen LogP contribution in [-0.4, -0.2) is 16.9 Å². The van der Waals surface area contributed by atoms with E-state index >= 15 is 0 Å². The quantitative estimate of drug-likeness (QED) is 0.898. The second kappa shape index (κ2) is 4.92. The van der Waals surface area contributed by atoms with Gasteiger partial charge in [0, 0.05) is 30.0 Å². The first-order valence-corrected chi connectivity index (χ1v) is 6.78. The van der Waals surface area contributed by atoms with Crippen molar-refractivity contribution in [2.45, 2.75) is 32.2 Å². The Balaban J connectivity index is 1.73.